The van der Waals surface area contributed by atoms with E-state index in [1.165, 1.54) is 12.1 Å². The van der Waals surface area contributed by atoms with Crippen molar-refractivity contribution in [1.29, 1.82) is 0 Å². The van der Waals surface area contributed by atoms with Crippen LogP contribution in [0.5, 0.6) is 11.8 Å². The van der Waals surface area contributed by atoms with Gasteiger partial charge in [0.15, 0.2) is 0 Å². The molecule has 1 heterocycles. The minimum Gasteiger partial charge on any atom is -0.424 e. The summed E-state index contributed by atoms with van der Waals surface area (Å²) in [6, 6.07) is 4.39. The summed E-state index contributed by atoms with van der Waals surface area (Å²) >= 11 is 5.71. The van der Waals surface area contributed by atoms with Gasteiger partial charge in [0, 0.05) is 7.05 Å². The van der Waals surface area contributed by atoms with Crippen LogP contribution in [0.2, 0.25) is 5.28 Å². The normalized spacial score (nSPS) is 10.2. The standard InChI is InChI=1S/C11H10ClFN4O/c1-6-5-7(3-4-8(6)13)18-11-16-9(12)15-10(14-2)17-11/h3-5H,1-2H3,(H,14,15,16,17). The van der Waals surface area contributed by atoms with E-state index >= 15 is 0 Å². The van der Waals surface area contributed by atoms with Gasteiger partial charge in [0.05, 0.1) is 0 Å². The second-order valence-corrected chi connectivity index (χ2v) is 3.81. The molecule has 0 atom stereocenters. The molecule has 94 valence electrons. The largest absolute Gasteiger partial charge is 0.424 e. The smallest absolute Gasteiger partial charge is 0.328 e. The molecule has 0 amide bonds. The highest BCUT2D eigenvalue weighted by Crippen LogP contribution is 2.22. The molecule has 0 unspecified atom stereocenters. The number of aryl methyl sites for hydroxylation is 1. The Morgan fingerprint density at radius 2 is 2.06 bits per heavy atom. The molecular weight excluding hydrogens is 259 g/mol. The van der Waals surface area contributed by atoms with Gasteiger partial charge in [-0.3, -0.25) is 0 Å². The van der Waals surface area contributed by atoms with Gasteiger partial charge in [0.1, 0.15) is 11.6 Å². The van der Waals surface area contributed by atoms with E-state index < -0.39 is 0 Å². The van der Waals surface area contributed by atoms with Crippen molar-refractivity contribution in [2.24, 2.45) is 0 Å². The number of rotatable bonds is 3. The average molecular weight is 269 g/mol. The number of aromatic nitrogens is 3. The molecule has 0 radical (unpaired) electrons. The Bertz CT molecular complexity index is 579. The van der Waals surface area contributed by atoms with E-state index in [-0.39, 0.29) is 17.1 Å². The first-order valence-electron chi connectivity index (χ1n) is 5.12. The van der Waals surface area contributed by atoms with E-state index in [4.69, 9.17) is 16.3 Å². The van der Waals surface area contributed by atoms with Crippen LogP contribution in [0.25, 0.3) is 0 Å². The van der Waals surface area contributed by atoms with Crippen molar-refractivity contribution < 1.29 is 9.13 Å². The van der Waals surface area contributed by atoms with E-state index in [1.54, 1.807) is 20.0 Å². The SMILES string of the molecule is CNc1nc(Cl)nc(Oc2ccc(F)c(C)c2)n1. The molecule has 0 aliphatic rings. The highest BCUT2D eigenvalue weighted by Gasteiger charge is 2.07. The fourth-order valence-corrected chi connectivity index (χ4v) is 1.43. The maximum absolute atomic E-state index is 13.1. The molecule has 0 aliphatic heterocycles. The lowest BCUT2D eigenvalue weighted by molar-refractivity contribution is 0.438. The highest BCUT2D eigenvalue weighted by molar-refractivity contribution is 6.28. The quantitative estimate of drug-likeness (QED) is 0.927. The first kappa shape index (κ1) is 12.5. The summed E-state index contributed by atoms with van der Waals surface area (Å²) < 4.78 is 18.5. The Labute approximate surface area is 108 Å². The van der Waals surface area contributed by atoms with Gasteiger partial charge in [-0.2, -0.15) is 15.0 Å². The molecule has 0 bridgehead atoms. The van der Waals surface area contributed by atoms with Gasteiger partial charge in [0.25, 0.3) is 0 Å². The average Bonchev–Trinajstić information content (AvgIpc) is 2.33. The number of anilines is 1. The highest BCUT2D eigenvalue weighted by atomic mass is 35.5. The molecule has 0 fully saturated rings. The van der Waals surface area contributed by atoms with Crippen LogP contribution < -0.4 is 10.1 Å². The monoisotopic (exact) mass is 268 g/mol. The van der Waals surface area contributed by atoms with Crippen LogP contribution in [-0.4, -0.2) is 22.0 Å². The Morgan fingerprint density at radius 3 is 2.72 bits per heavy atom. The number of halogens is 2. The molecule has 18 heavy (non-hydrogen) atoms. The van der Waals surface area contributed by atoms with Crippen molar-refractivity contribution in [3.05, 3.63) is 34.9 Å². The molecule has 0 saturated heterocycles. The number of ether oxygens (including phenoxy) is 1. The van der Waals surface area contributed by atoms with E-state index in [2.05, 4.69) is 20.3 Å². The lowest BCUT2D eigenvalue weighted by Gasteiger charge is -2.06. The Kier molecular flexibility index (Phi) is 3.57. The summed E-state index contributed by atoms with van der Waals surface area (Å²) in [4.78, 5) is 11.6. The van der Waals surface area contributed by atoms with Crippen molar-refractivity contribution in [2.45, 2.75) is 6.92 Å². The minimum absolute atomic E-state index is 0.0168. The summed E-state index contributed by atoms with van der Waals surface area (Å²) in [6.45, 7) is 1.64. The van der Waals surface area contributed by atoms with Gasteiger partial charge in [-0.25, -0.2) is 4.39 Å². The van der Waals surface area contributed by atoms with Crippen LogP contribution in [0.15, 0.2) is 18.2 Å². The van der Waals surface area contributed by atoms with E-state index in [0.29, 0.717) is 17.3 Å². The topological polar surface area (TPSA) is 59.9 Å². The number of hydrogen-bond donors (Lipinski definition) is 1. The van der Waals surface area contributed by atoms with Crippen LogP contribution in [0.1, 0.15) is 5.56 Å². The van der Waals surface area contributed by atoms with Gasteiger partial charge in [-0.1, -0.05) is 0 Å². The summed E-state index contributed by atoms with van der Waals surface area (Å²) in [6.07, 6.45) is 0. The molecule has 2 rings (SSSR count). The zero-order valence-electron chi connectivity index (χ0n) is 9.74. The van der Waals surface area contributed by atoms with E-state index in [1.807, 2.05) is 0 Å². The maximum atomic E-state index is 13.1. The number of hydrogen-bond acceptors (Lipinski definition) is 5. The summed E-state index contributed by atoms with van der Waals surface area (Å²) in [5.41, 5.74) is 0.474. The molecule has 0 aliphatic carbocycles. The molecular formula is C11H10ClFN4O. The fourth-order valence-electron chi connectivity index (χ4n) is 1.28. The summed E-state index contributed by atoms with van der Waals surface area (Å²) in [5.74, 6) is 0.425. The zero-order valence-corrected chi connectivity index (χ0v) is 10.5. The van der Waals surface area contributed by atoms with Crippen molar-refractivity contribution in [3.63, 3.8) is 0 Å². The predicted octanol–water partition coefficient (Wildman–Crippen LogP) is 2.81. The Balaban J connectivity index is 2.27. The second-order valence-electron chi connectivity index (χ2n) is 3.47. The summed E-state index contributed by atoms with van der Waals surface area (Å²) in [7, 11) is 1.65. The summed E-state index contributed by atoms with van der Waals surface area (Å²) in [5, 5.41) is 2.74. The van der Waals surface area contributed by atoms with Gasteiger partial charge in [-0.05, 0) is 42.3 Å². The first-order valence-corrected chi connectivity index (χ1v) is 5.49. The van der Waals surface area contributed by atoms with Gasteiger partial charge in [0.2, 0.25) is 11.2 Å². The predicted molar refractivity (Wildman–Crippen MR) is 65.6 cm³/mol. The molecule has 2 aromatic rings. The van der Waals surface area contributed by atoms with Crippen LogP contribution in [0.4, 0.5) is 10.3 Å². The third-order valence-electron chi connectivity index (χ3n) is 2.15. The molecule has 0 saturated carbocycles. The molecule has 0 spiro atoms. The lowest BCUT2D eigenvalue weighted by Crippen LogP contribution is -2.01. The third kappa shape index (κ3) is 2.84. The number of nitrogens with zero attached hydrogens (tertiary/aromatic N) is 3. The fraction of sp³-hybridized carbons (Fsp3) is 0.182. The Morgan fingerprint density at radius 1 is 1.28 bits per heavy atom. The van der Waals surface area contributed by atoms with Crippen LogP contribution in [0.3, 0.4) is 0 Å². The molecule has 1 aromatic heterocycles. The zero-order chi connectivity index (χ0) is 13.1. The maximum Gasteiger partial charge on any atom is 0.328 e. The van der Waals surface area contributed by atoms with Crippen molar-refractivity contribution >= 4 is 17.5 Å². The van der Waals surface area contributed by atoms with Crippen molar-refractivity contribution in [1.82, 2.24) is 15.0 Å². The second kappa shape index (κ2) is 5.14. The minimum atomic E-state index is -0.299. The lowest BCUT2D eigenvalue weighted by atomic mass is 10.2. The van der Waals surface area contributed by atoms with Gasteiger partial charge in [-0.15, -0.1) is 0 Å². The van der Waals surface area contributed by atoms with E-state index in [9.17, 15) is 4.39 Å². The molecule has 1 N–H and O–H groups in total. The number of benzene rings is 1. The van der Waals surface area contributed by atoms with Crippen molar-refractivity contribution in [3.8, 4) is 11.8 Å². The molecule has 1 aromatic carbocycles. The third-order valence-corrected chi connectivity index (χ3v) is 2.32. The number of nitrogens with one attached hydrogen (secondary N) is 1. The molecule has 7 heteroatoms. The van der Waals surface area contributed by atoms with Crippen LogP contribution in [0, 0.1) is 12.7 Å². The van der Waals surface area contributed by atoms with Crippen LogP contribution in [-0.2, 0) is 0 Å². The Hall–Kier alpha value is -1.95. The van der Waals surface area contributed by atoms with Gasteiger partial charge >= 0.3 is 6.01 Å². The van der Waals surface area contributed by atoms with E-state index in [0.717, 1.165) is 0 Å². The van der Waals surface area contributed by atoms with Crippen molar-refractivity contribution in [2.75, 3.05) is 12.4 Å². The van der Waals surface area contributed by atoms with Crippen LogP contribution >= 0.6 is 11.6 Å². The molecule has 5 nitrogen and oxygen atoms in total. The first-order chi connectivity index (χ1) is 8.58. The van der Waals surface area contributed by atoms with Gasteiger partial charge < -0.3 is 10.1 Å².